The normalized spacial score (nSPS) is 18.6. The molecule has 2 N–H and O–H groups in total. The molecule has 18 heavy (non-hydrogen) atoms. The number of aryl methyl sites for hydroxylation is 1. The number of nitrogens with one attached hydrogen (secondary N) is 2. The monoisotopic (exact) mass is 245 g/mol. The molecule has 5 nitrogen and oxygen atoms in total. The molecule has 0 unspecified atom stereocenters. The maximum Gasteiger partial charge on any atom is 0.166 e. The first-order valence-electron chi connectivity index (χ1n) is 6.43. The Morgan fingerprint density at radius 2 is 2.28 bits per heavy atom. The van der Waals surface area contributed by atoms with Crippen LogP contribution in [0.15, 0.2) is 0 Å². The molecule has 0 spiro atoms. The van der Waals surface area contributed by atoms with Crippen molar-refractivity contribution in [2.45, 2.75) is 39.2 Å². The van der Waals surface area contributed by atoms with Gasteiger partial charge >= 0.3 is 0 Å². The maximum absolute atomic E-state index is 9.16. The van der Waals surface area contributed by atoms with E-state index in [1.807, 2.05) is 13.8 Å². The van der Waals surface area contributed by atoms with E-state index >= 15 is 0 Å². The van der Waals surface area contributed by atoms with Crippen LogP contribution in [0.4, 0.5) is 5.82 Å². The Balaban J connectivity index is 1.96. The zero-order valence-electron chi connectivity index (χ0n) is 11.0. The lowest BCUT2D eigenvalue weighted by Crippen LogP contribution is -2.24. The molecule has 0 amide bonds. The number of nitrogens with zero attached hydrogens (tertiary/aromatic N) is 3. The molecule has 2 heterocycles. The number of nitriles is 1. The summed E-state index contributed by atoms with van der Waals surface area (Å²) in [5.41, 5.74) is 2.34. The molecule has 1 fully saturated rings. The van der Waals surface area contributed by atoms with Crippen LogP contribution < -0.4 is 10.6 Å². The third kappa shape index (κ3) is 2.77. The Bertz CT molecular complexity index is 457. The first-order valence-corrected chi connectivity index (χ1v) is 6.43. The van der Waals surface area contributed by atoms with Crippen LogP contribution in [0.25, 0.3) is 0 Å². The summed E-state index contributed by atoms with van der Waals surface area (Å²) in [5, 5.41) is 24.0. The van der Waals surface area contributed by atoms with E-state index in [2.05, 4.69) is 26.9 Å². The van der Waals surface area contributed by atoms with Gasteiger partial charge in [-0.15, -0.1) is 5.10 Å². The zero-order valence-corrected chi connectivity index (χ0v) is 11.0. The van der Waals surface area contributed by atoms with Gasteiger partial charge in [-0.05, 0) is 45.2 Å². The second-order valence-electron chi connectivity index (χ2n) is 4.75. The highest BCUT2D eigenvalue weighted by atomic mass is 15.2. The van der Waals surface area contributed by atoms with Crippen LogP contribution in [0.5, 0.6) is 0 Å². The zero-order chi connectivity index (χ0) is 13.0. The fourth-order valence-corrected chi connectivity index (χ4v) is 2.24. The van der Waals surface area contributed by atoms with Crippen molar-refractivity contribution in [2.75, 3.05) is 18.4 Å². The van der Waals surface area contributed by atoms with E-state index in [0.29, 0.717) is 17.4 Å². The number of aromatic nitrogens is 2. The second-order valence-corrected chi connectivity index (χ2v) is 4.75. The van der Waals surface area contributed by atoms with E-state index in [1.54, 1.807) is 0 Å². The van der Waals surface area contributed by atoms with Crippen LogP contribution in [0.1, 0.15) is 36.1 Å². The Hall–Kier alpha value is -1.67. The van der Waals surface area contributed by atoms with Crippen molar-refractivity contribution in [1.29, 1.82) is 5.26 Å². The molecule has 1 aliphatic heterocycles. The Morgan fingerprint density at radius 3 is 2.94 bits per heavy atom. The highest BCUT2D eigenvalue weighted by molar-refractivity contribution is 5.55. The maximum atomic E-state index is 9.16. The largest absolute Gasteiger partial charge is 0.367 e. The topological polar surface area (TPSA) is 73.6 Å². The van der Waals surface area contributed by atoms with Gasteiger partial charge in [0.2, 0.25) is 0 Å². The fraction of sp³-hybridized carbons (Fsp3) is 0.615. The molecule has 0 bridgehead atoms. The van der Waals surface area contributed by atoms with Gasteiger partial charge < -0.3 is 10.6 Å². The third-order valence-electron chi connectivity index (χ3n) is 3.51. The van der Waals surface area contributed by atoms with E-state index in [0.717, 1.165) is 30.8 Å². The summed E-state index contributed by atoms with van der Waals surface area (Å²) in [5.74, 6) is 0.610. The molecule has 96 valence electrons. The van der Waals surface area contributed by atoms with Gasteiger partial charge in [0.1, 0.15) is 11.6 Å². The van der Waals surface area contributed by atoms with Crippen molar-refractivity contribution in [2.24, 2.45) is 0 Å². The summed E-state index contributed by atoms with van der Waals surface area (Å²) < 4.78 is 0. The van der Waals surface area contributed by atoms with Crippen molar-refractivity contribution in [1.82, 2.24) is 15.5 Å². The fourth-order valence-electron chi connectivity index (χ4n) is 2.24. The van der Waals surface area contributed by atoms with Crippen molar-refractivity contribution >= 4 is 5.82 Å². The molecule has 0 saturated carbocycles. The minimum absolute atomic E-state index is 0.600. The number of hydrogen-bond donors (Lipinski definition) is 2. The quantitative estimate of drug-likeness (QED) is 0.841. The summed E-state index contributed by atoms with van der Waals surface area (Å²) in [6.45, 7) is 5.72. The average molecular weight is 245 g/mol. The van der Waals surface area contributed by atoms with E-state index in [1.165, 1.54) is 12.8 Å². The molecule has 1 atom stereocenters. The van der Waals surface area contributed by atoms with Crippen LogP contribution >= 0.6 is 0 Å². The Morgan fingerprint density at radius 1 is 1.44 bits per heavy atom. The lowest BCUT2D eigenvalue weighted by Gasteiger charge is -2.12. The highest BCUT2D eigenvalue weighted by Gasteiger charge is 2.14. The predicted molar refractivity (Wildman–Crippen MR) is 70.4 cm³/mol. The smallest absolute Gasteiger partial charge is 0.166 e. The standard InChI is InChI=1S/C13H19N5/c1-9-10(2)17-18-13(12(9)8-14)16-7-5-11-4-3-6-15-11/h11,15H,3-7H2,1-2H3,(H,16,18)/t11-/m1/s1. The van der Waals surface area contributed by atoms with E-state index < -0.39 is 0 Å². The lowest BCUT2D eigenvalue weighted by molar-refractivity contribution is 0.574. The lowest BCUT2D eigenvalue weighted by atomic mass is 10.1. The Labute approximate surface area is 108 Å². The molecule has 1 aromatic rings. The van der Waals surface area contributed by atoms with E-state index in [4.69, 9.17) is 5.26 Å². The van der Waals surface area contributed by atoms with Gasteiger partial charge in [0.15, 0.2) is 5.82 Å². The average Bonchev–Trinajstić information content (AvgIpc) is 2.87. The molecule has 0 aliphatic carbocycles. The van der Waals surface area contributed by atoms with Crippen LogP contribution in [-0.4, -0.2) is 29.3 Å². The first-order chi connectivity index (χ1) is 8.72. The van der Waals surface area contributed by atoms with Crippen molar-refractivity contribution in [3.8, 4) is 6.07 Å². The SMILES string of the molecule is Cc1nnc(NCC[C@H]2CCCN2)c(C#N)c1C. The summed E-state index contributed by atoms with van der Waals surface area (Å²) in [6, 6.07) is 2.80. The van der Waals surface area contributed by atoms with E-state index in [-0.39, 0.29) is 0 Å². The minimum Gasteiger partial charge on any atom is -0.367 e. The van der Waals surface area contributed by atoms with Gasteiger partial charge in [0, 0.05) is 12.6 Å². The van der Waals surface area contributed by atoms with Crippen molar-refractivity contribution in [3.63, 3.8) is 0 Å². The molecule has 0 radical (unpaired) electrons. The molecule has 5 heteroatoms. The van der Waals surface area contributed by atoms with E-state index in [9.17, 15) is 0 Å². The van der Waals surface area contributed by atoms with Crippen LogP contribution in [0.3, 0.4) is 0 Å². The van der Waals surface area contributed by atoms with Crippen molar-refractivity contribution in [3.05, 3.63) is 16.8 Å². The molecular weight excluding hydrogens is 226 g/mol. The van der Waals surface area contributed by atoms with Gasteiger partial charge in [-0.2, -0.15) is 10.4 Å². The third-order valence-corrected chi connectivity index (χ3v) is 3.51. The van der Waals surface area contributed by atoms with Gasteiger partial charge in [0.25, 0.3) is 0 Å². The summed E-state index contributed by atoms with van der Waals surface area (Å²) in [4.78, 5) is 0. The predicted octanol–water partition coefficient (Wildman–Crippen LogP) is 1.52. The number of anilines is 1. The second kappa shape index (κ2) is 5.78. The molecule has 0 aromatic carbocycles. The minimum atomic E-state index is 0.600. The Kier molecular flexibility index (Phi) is 4.11. The van der Waals surface area contributed by atoms with Gasteiger partial charge in [-0.1, -0.05) is 0 Å². The van der Waals surface area contributed by atoms with Gasteiger partial charge in [-0.3, -0.25) is 0 Å². The molecule has 2 rings (SSSR count). The molecule has 1 saturated heterocycles. The van der Waals surface area contributed by atoms with Gasteiger partial charge in [0.05, 0.1) is 5.69 Å². The number of hydrogen-bond acceptors (Lipinski definition) is 5. The van der Waals surface area contributed by atoms with Crippen LogP contribution in [0.2, 0.25) is 0 Å². The van der Waals surface area contributed by atoms with Crippen LogP contribution in [-0.2, 0) is 0 Å². The summed E-state index contributed by atoms with van der Waals surface area (Å²) in [6.07, 6.45) is 3.56. The van der Waals surface area contributed by atoms with Crippen molar-refractivity contribution < 1.29 is 0 Å². The molecule has 1 aliphatic rings. The van der Waals surface area contributed by atoms with Crippen LogP contribution in [0, 0.1) is 25.2 Å². The summed E-state index contributed by atoms with van der Waals surface area (Å²) in [7, 11) is 0. The highest BCUT2D eigenvalue weighted by Crippen LogP contribution is 2.17. The molecular formula is C13H19N5. The summed E-state index contributed by atoms with van der Waals surface area (Å²) >= 11 is 0. The number of rotatable bonds is 4. The van der Waals surface area contributed by atoms with Gasteiger partial charge in [-0.25, -0.2) is 0 Å². The first kappa shape index (κ1) is 12.8. The molecule has 1 aromatic heterocycles.